The third kappa shape index (κ3) is 3.68. The van der Waals surface area contributed by atoms with E-state index in [1.807, 2.05) is 25.1 Å². The molecule has 0 fully saturated rings. The minimum atomic E-state index is -0.167. The quantitative estimate of drug-likeness (QED) is 0.819. The SMILES string of the molecule is CC(NC(=O)CN(CCO)C1CCc2ccccc21)c1ccco1. The van der Waals surface area contributed by atoms with Gasteiger partial charge in [0.25, 0.3) is 0 Å². The van der Waals surface area contributed by atoms with Crippen molar-refractivity contribution in [1.82, 2.24) is 10.2 Å². The average molecular weight is 328 g/mol. The molecule has 0 bridgehead atoms. The Morgan fingerprint density at radius 2 is 2.21 bits per heavy atom. The molecule has 1 aliphatic rings. The lowest BCUT2D eigenvalue weighted by atomic mass is 10.1. The zero-order valence-corrected chi connectivity index (χ0v) is 13.9. The van der Waals surface area contributed by atoms with Gasteiger partial charge >= 0.3 is 0 Å². The zero-order chi connectivity index (χ0) is 16.9. The molecule has 0 spiro atoms. The van der Waals surface area contributed by atoms with Crippen LogP contribution in [0.3, 0.4) is 0 Å². The maximum absolute atomic E-state index is 12.4. The highest BCUT2D eigenvalue weighted by Crippen LogP contribution is 2.35. The Morgan fingerprint density at radius 1 is 1.38 bits per heavy atom. The molecule has 2 N–H and O–H groups in total. The van der Waals surface area contributed by atoms with Crippen LogP contribution in [0.5, 0.6) is 0 Å². The summed E-state index contributed by atoms with van der Waals surface area (Å²) in [5, 5.41) is 12.4. The number of nitrogens with zero attached hydrogens (tertiary/aromatic N) is 1. The van der Waals surface area contributed by atoms with Gasteiger partial charge in [-0.25, -0.2) is 0 Å². The summed E-state index contributed by atoms with van der Waals surface area (Å²) in [5.41, 5.74) is 2.62. The van der Waals surface area contributed by atoms with Gasteiger partial charge < -0.3 is 14.8 Å². The number of carbonyl (C=O) groups is 1. The fourth-order valence-corrected chi connectivity index (χ4v) is 3.47. The molecule has 1 amide bonds. The number of aliphatic hydroxyl groups is 1. The Balaban J connectivity index is 1.65. The molecule has 5 nitrogen and oxygen atoms in total. The third-order valence-electron chi connectivity index (χ3n) is 4.62. The molecule has 0 radical (unpaired) electrons. The number of fused-ring (bicyclic) bond motifs is 1. The molecule has 5 heteroatoms. The van der Waals surface area contributed by atoms with Crippen molar-refractivity contribution >= 4 is 5.91 Å². The normalized spacial score (nSPS) is 17.7. The van der Waals surface area contributed by atoms with E-state index in [1.165, 1.54) is 11.1 Å². The summed E-state index contributed by atoms with van der Waals surface area (Å²) in [4.78, 5) is 14.5. The van der Waals surface area contributed by atoms with Crippen molar-refractivity contribution in [3.05, 3.63) is 59.5 Å². The van der Waals surface area contributed by atoms with Gasteiger partial charge in [-0.15, -0.1) is 0 Å². The Morgan fingerprint density at radius 3 is 2.96 bits per heavy atom. The van der Waals surface area contributed by atoms with Crippen LogP contribution in [0.25, 0.3) is 0 Å². The number of hydrogen-bond acceptors (Lipinski definition) is 4. The standard InChI is InChI=1S/C19H24N2O3/c1-14(18-7-4-12-24-18)20-19(23)13-21(10-11-22)17-9-8-15-5-2-3-6-16(15)17/h2-7,12,14,17,22H,8-11,13H2,1H3,(H,20,23). The lowest BCUT2D eigenvalue weighted by molar-refractivity contribution is -0.123. The highest BCUT2D eigenvalue weighted by Gasteiger charge is 2.28. The van der Waals surface area contributed by atoms with Crippen LogP contribution in [0, 0.1) is 0 Å². The molecule has 24 heavy (non-hydrogen) atoms. The molecule has 3 rings (SSSR count). The first-order chi connectivity index (χ1) is 11.7. The van der Waals surface area contributed by atoms with E-state index < -0.39 is 0 Å². The lowest BCUT2D eigenvalue weighted by Crippen LogP contribution is -2.41. The van der Waals surface area contributed by atoms with E-state index in [2.05, 4.69) is 28.4 Å². The minimum Gasteiger partial charge on any atom is -0.467 e. The number of carbonyl (C=O) groups excluding carboxylic acids is 1. The van der Waals surface area contributed by atoms with Crippen LogP contribution in [0.4, 0.5) is 0 Å². The van der Waals surface area contributed by atoms with E-state index in [9.17, 15) is 9.90 Å². The van der Waals surface area contributed by atoms with Crippen molar-refractivity contribution in [3.8, 4) is 0 Å². The Bertz CT molecular complexity index is 669. The lowest BCUT2D eigenvalue weighted by Gasteiger charge is -2.28. The van der Waals surface area contributed by atoms with Crippen molar-refractivity contribution in [2.45, 2.75) is 31.8 Å². The van der Waals surface area contributed by atoms with E-state index in [-0.39, 0.29) is 31.1 Å². The van der Waals surface area contributed by atoms with Gasteiger partial charge in [0.15, 0.2) is 0 Å². The fraction of sp³-hybridized carbons (Fsp3) is 0.421. The predicted octanol–water partition coefficient (Wildman–Crippen LogP) is 2.44. The van der Waals surface area contributed by atoms with Gasteiger partial charge in [-0.05, 0) is 43.0 Å². The topological polar surface area (TPSA) is 65.7 Å². The van der Waals surface area contributed by atoms with Crippen molar-refractivity contribution < 1.29 is 14.3 Å². The molecule has 2 aromatic rings. The summed E-state index contributed by atoms with van der Waals surface area (Å²) in [6, 6.07) is 12.0. The first-order valence-corrected chi connectivity index (χ1v) is 8.44. The van der Waals surface area contributed by atoms with Crippen LogP contribution in [-0.2, 0) is 11.2 Å². The van der Waals surface area contributed by atoms with Gasteiger partial charge in [0.1, 0.15) is 5.76 Å². The van der Waals surface area contributed by atoms with Crippen molar-refractivity contribution in [3.63, 3.8) is 0 Å². The molecule has 0 aliphatic heterocycles. The molecule has 2 unspecified atom stereocenters. The van der Waals surface area contributed by atoms with E-state index in [4.69, 9.17) is 4.42 Å². The summed E-state index contributed by atoms with van der Waals surface area (Å²) in [6.45, 7) is 2.70. The van der Waals surface area contributed by atoms with Crippen molar-refractivity contribution in [2.24, 2.45) is 0 Å². The maximum atomic E-state index is 12.4. The summed E-state index contributed by atoms with van der Waals surface area (Å²) in [6.07, 6.45) is 3.61. The Hall–Kier alpha value is -2.11. The molecule has 0 saturated carbocycles. The summed E-state index contributed by atoms with van der Waals surface area (Å²) in [7, 11) is 0. The highest BCUT2D eigenvalue weighted by molar-refractivity contribution is 5.78. The number of hydrogen-bond donors (Lipinski definition) is 2. The molecule has 128 valence electrons. The molecule has 1 aromatic carbocycles. The van der Waals surface area contributed by atoms with Crippen LogP contribution in [0.2, 0.25) is 0 Å². The first kappa shape index (κ1) is 16.7. The number of benzene rings is 1. The number of aryl methyl sites for hydroxylation is 1. The Kier molecular flexibility index (Phi) is 5.33. The third-order valence-corrected chi connectivity index (χ3v) is 4.62. The average Bonchev–Trinajstić information content (AvgIpc) is 3.24. The van der Waals surface area contributed by atoms with E-state index in [0.717, 1.165) is 18.6 Å². The van der Waals surface area contributed by atoms with E-state index >= 15 is 0 Å². The smallest absolute Gasteiger partial charge is 0.234 e. The largest absolute Gasteiger partial charge is 0.467 e. The number of nitrogens with one attached hydrogen (secondary N) is 1. The van der Waals surface area contributed by atoms with Crippen LogP contribution < -0.4 is 5.32 Å². The minimum absolute atomic E-state index is 0.0414. The molecule has 1 aromatic heterocycles. The van der Waals surface area contributed by atoms with Crippen LogP contribution in [0.1, 0.15) is 42.3 Å². The molecule has 1 aliphatic carbocycles. The maximum Gasteiger partial charge on any atom is 0.234 e. The summed E-state index contributed by atoms with van der Waals surface area (Å²) in [5.74, 6) is 0.681. The first-order valence-electron chi connectivity index (χ1n) is 8.44. The predicted molar refractivity (Wildman–Crippen MR) is 91.4 cm³/mol. The number of furan rings is 1. The van der Waals surface area contributed by atoms with Crippen molar-refractivity contribution in [1.29, 1.82) is 0 Å². The van der Waals surface area contributed by atoms with Crippen LogP contribution in [-0.4, -0.2) is 35.6 Å². The monoisotopic (exact) mass is 328 g/mol. The van der Waals surface area contributed by atoms with Gasteiger partial charge in [-0.2, -0.15) is 0 Å². The van der Waals surface area contributed by atoms with E-state index in [0.29, 0.717) is 6.54 Å². The van der Waals surface area contributed by atoms with Crippen LogP contribution >= 0.6 is 0 Å². The van der Waals surface area contributed by atoms with Gasteiger partial charge in [0.05, 0.1) is 25.5 Å². The summed E-state index contributed by atoms with van der Waals surface area (Å²) < 4.78 is 5.33. The fourth-order valence-electron chi connectivity index (χ4n) is 3.47. The zero-order valence-electron chi connectivity index (χ0n) is 13.9. The molecule has 1 heterocycles. The second-order valence-corrected chi connectivity index (χ2v) is 6.25. The van der Waals surface area contributed by atoms with E-state index in [1.54, 1.807) is 6.26 Å². The molecular formula is C19H24N2O3. The van der Waals surface area contributed by atoms with Gasteiger partial charge in [0, 0.05) is 12.6 Å². The number of rotatable bonds is 7. The summed E-state index contributed by atoms with van der Waals surface area (Å²) >= 11 is 0. The second kappa shape index (κ2) is 7.64. The molecular weight excluding hydrogens is 304 g/mol. The highest BCUT2D eigenvalue weighted by atomic mass is 16.3. The number of amides is 1. The van der Waals surface area contributed by atoms with Crippen LogP contribution in [0.15, 0.2) is 47.1 Å². The van der Waals surface area contributed by atoms with Gasteiger partial charge in [0.2, 0.25) is 5.91 Å². The van der Waals surface area contributed by atoms with Gasteiger partial charge in [-0.3, -0.25) is 9.69 Å². The number of aliphatic hydroxyl groups excluding tert-OH is 1. The van der Waals surface area contributed by atoms with Crippen molar-refractivity contribution in [2.75, 3.05) is 19.7 Å². The van der Waals surface area contributed by atoms with Gasteiger partial charge in [-0.1, -0.05) is 24.3 Å². The molecule has 0 saturated heterocycles. The Labute approximate surface area is 142 Å². The molecule has 2 atom stereocenters. The second-order valence-electron chi connectivity index (χ2n) is 6.25.